The van der Waals surface area contributed by atoms with Gasteiger partial charge in [0.2, 0.25) is 0 Å². The van der Waals surface area contributed by atoms with E-state index in [2.05, 4.69) is 4.74 Å². The molecule has 0 unspecified atom stereocenters. The average Bonchev–Trinajstić information content (AvgIpc) is 2.78. The molecule has 2 rings (SSSR count). The fourth-order valence-electron chi connectivity index (χ4n) is 1.26. The van der Waals surface area contributed by atoms with Crippen LogP contribution in [0.4, 0.5) is 4.79 Å². The van der Waals surface area contributed by atoms with Gasteiger partial charge in [-0.15, -0.1) is 0 Å². The predicted octanol–water partition coefficient (Wildman–Crippen LogP) is 3.09. The third-order valence-corrected chi connectivity index (χ3v) is 2.00. The van der Waals surface area contributed by atoms with Crippen LogP contribution >= 0.6 is 0 Å². The summed E-state index contributed by atoms with van der Waals surface area (Å²) in [6, 6.07) is 11.2. The standard InChI is InChI=1S/C12H10O4/c1-14-12(13)16-10-7-11(15-8-10)9-5-3-2-4-6-9/h2-8H,1H3. The van der Waals surface area contributed by atoms with Gasteiger partial charge in [-0.2, -0.15) is 0 Å². The molecule has 0 aliphatic carbocycles. The Labute approximate surface area is 92.4 Å². The van der Waals surface area contributed by atoms with Crippen LogP contribution in [0, 0.1) is 0 Å². The molecular weight excluding hydrogens is 208 g/mol. The molecule has 0 saturated carbocycles. The minimum absolute atomic E-state index is 0.325. The first-order chi connectivity index (χ1) is 7.79. The number of methoxy groups -OCH3 is 1. The molecular formula is C12H10O4. The summed E-state index contributed by atoms with van der Waals surface area (Å²) < 4.78 is 14.4. The second kappa shape index (κ2) is 4.53. The number of carbonyl (C=O) groups excluding carboxylic acids is 1. The molecule has 0 N–H and O–H groups in total. The molecule has 16 heavy (non-hydrogen) atoms. The van der Waals surface area contributed by atoms with Crippen LogP contribution in [0.5, 0.6) is 5.75 Å². The van der Waals surface area contributed by atoms with E-state index in [1.54, 1.807) is 6.07 Å². The monoisotopic (exact) mass is 218 g/mol. The molecule has 0 atom stereocenters. The molecule has 1 heterocycles. The third-order valence-electron chi connectivity index (χ3n) is 2.00. The summed E-state index contributed by atoms with van der Waals surface area (Å²) in [6.45, 7) is 0. The second-order valence-electron chi connectivity index (χ2n) is 3.07. The molecule has 1 aromatic heterocycles. The molecule has 2 aromatic rings. The first-order valence-corrected chi connectivity index (χ1v) is 4.69. The van der Waals surface area contributed by atoms with Crippen LogP contribution in [0.1, 0.15) is 0 Å². The maximum absolute atomic E-state index is 10.8. The molecule has 82 valence electrons. The second-order valence-corrected chi connectivity index (χ2v) is 3.07. The summed E-state index contributed by atoms with van der Waals surface area (Å²) in [5, 5.41) is 0. The maximum Gasteiger partial charge on any atom is 0.513 e. The Morgan fingerprint density at radius 3 is 2.69 bits per heavy atom. The van der Waals surface area contributed by atoms with Gasteiger partial charge >= 0.3 is 6.16 Å². The Morgan fingerprint density at radius 2 is 2.00 bits per heavy atom. The van der Waals surface area contributed by atoms with Crippen LogP contribution in [0.25, 0.3) is 11.3 Å². The van der Waals surface area contributed by atoms with Crippen LogP contribution in [0.15, 0.2) is 47.1 Å². The highest BCUT2D eigenvalue weighted by Gasteiger charge is 2.08. The number of carbonyl (C=O) groups is 1. The van der Waals surface area contributed by atoms with E-state index in [-0.39, 0.29) is 0 Å². The van der Waals surface area contributed by atoms with E-state index in [1.165, 1.54) is 13.4 Å². The topological polar surface area (TPSA) is 48.7 Å². The van der Waals surface area contributed by atoms with Crippen molar-refractivity contribution in [3.8, 4) is 17.1 Å². The number of rotatable bonds is 2. The maximum atomic E-state index is 10.8. The number of benzene rings is 1. The molecule has 0 saturated heterocycles. The van der Waals surface area contributed by atoms with Gasteiger partial charge in [0.05, 0.1) is 7.11 Å². The Balaban J connectivity index is 2.17. The summed E-state index contributed by atoms with van der Waals surface area (Å²) in [5.41, 5.74) is 0.919. The minimum Gasteiger partial charge on any atom is -0.460 e. The number of ether oxygens (including phenoxy) is 2. The minimum atomic E-state index is -0.764. The molecule has 0 amide bonds. The van der Waals surface area contributed by atoms with Crippen LogP contribution in [0.3, 0.4) is 0 Å². The lowest BCUT2D eigenvalue weighted by molar-refractivity contribution is 0.121. The summed E-state index contributed by atoms with van der Waals surface area (Å²) in [4.78, 5) is 10.8. The van der Waals surface area contributed by atoms with Crippen molar-refractivity contribution >= 4 is 6.16 Å². The van der Waals surface area contributed by atoms with Gasteiger partial charge in [0.1, 0.15) is 12.0 Å². The average molecular weight is 218 g/mol. The van der Waals surface area contributed by atoms with Crippen LogP contribution < -0.4 is 4.74 Å². The zero-order valence-electron chi connectivity index (χ0n) is 8.67. The van der Waals surface area contributed by atoms with Gasteiger partial charge in [-0.05, 0) is 0 Å². The van der Waals surface area contributed by atoms with Crippen molar-refractivity contribution in [2.24, 2.45) is 0 Å². The highest BCUT2D eigenvalue weighted by Crippen LogP contribution is 2.25. The van der Waals surface area contributed by atoms with Crippen molar-refractivity contribution in [1.82, 2.24) is 0 Å². The predicted molar refractivity (Wildman–Crippen MR) is 57.2 cm³/mol. The van der Waals surface area contributed by atoms with Crippen molar-refractivity contribution in [2.45, 2.75) is 0 Å². The molecule has 0 bridgehead atoms. The van der Waals surface area contributed by atoms with Crippen molar-refractivity contribution in [3.05, 3.63) is 42.7 Å². The van der Waals surface area contributed by atoms with E-state index in [0.29, 0.717) is 11.5 Å². The Bertz CT molecular complexity index is 473. The lowest BCUT2D eigenvalue weighted by atomic mass is 10.2. The Morgan fingerprint density at radius 1 is 1.25 bits per heavy atom. The summed E-state index contributed by atoms with van der Waals surface area (Å²) >= 11 is 0. The quantitative estimate of drug-likeness (QED) is 0.727. The van der Waals surface area contributed by atoms with Gasteiger partial charge in [-0.1, -0.05) is 30.3 Å². The van der Waals surface area contributed by atoms with Crippen molar-refractivity contribution in [2.75, 3.05) is 7.11 Å². The molecule has 0 aliphatic rings. The SMILES string of the molecule is COC(=O)Oc1coc(-c2ccccc2)c1. The third kappa shape index (κ3) is 2.23. The zero-order chi connectivity index (χ0) is 11.4. The van der Waals surface area contributed by atoms with E-state index in [4.69, 9.17) is 9.15 Å². The highest BCUT2D eigenvalue weighted by molar-refractivity contribution is 5.65. The summed E-state index contributed by atoms with van der Waals surface area (Å²) in [6.07, 6.45) is 0.597. The molecule has 4 nitrogen and oxygen atoms in total. The van der Waals surface area contributed by atoms with Gasteiger partial charge in [0, 0.05) is 11.6 Å². The van der Waals surface area contributed by atoms with Gasteiger partial charge in [-0.25, -0.2) is 4.79 Å². The van der Waals surface area contributed by atoms with Crippen molar-refractivity contribution in [1.29, 1.82) is 0 Å². The van der Waals surface area contributed by atoms with E-state index in [1.807, 2.05) is 30.3 Å². The Kier molecular flexibility index (Phi) is 2.91. The van der Waals surface area contributed by atoms with Gasteiger partial charge in [0.15, 0.2) is 5.75 Å². The molecule has 0 radical (unpaired) electrons. The largest absolute Gasteiger partial charge is 0.513 e. The molecule has 0 aliphatic heterocycles. The Hall–Kier alpha value is -2.23. The van der Waals surface area contributed by atoms with E-state index < -0.39 is 6.16 Å². The molecule has 0 fully saturated rings. The zero-order valence-corrected chi connectivity index (χ0v) is 8.67. The number of hydrogen-bond donors (Lipinski definition) is 0. The molecule has 4 heteroatoms. The van der Waals surface area contributed by atoms with E-state index >= 15 is 0 Å². The normalized spacial score (nSPS) is 9.81. The van der Waals surface area contributed by atoms with Crippen LogP contribution in [-0.4, -0.2) is 13.3 Å². The summed E-state index contributed by atoms with van der Waals surface area (Å²) in [5.74, 6) is 0.963. The number of hydrogen-bond acceptors (Lipinski definition) is 4. The van der Waals surface area contributed by atoms with Crippen LogP contribution in [-0.2, 0) is 4.74 Å². The first-order valence-electron chi connectivity index (χ1n) is 4.69. The van der Waals surface area contributed by atoms with Crippen molar-refractivity contribution in [3.63, 3.8) is 0 Å². The van der Waals surface area contributed by atoms with E-state index in [9.17, 15) is 4.79 Å². The first kappa shape index (κ1) is 10.3. The van der Waals surface area contributed by atoms with Gasteiger partial charge < -0.3 is 13.9 Å². The fraction of sp³-hybridized carbons (Fsp3) is 0.0833. The molecule has 1 aromatic carbocycles. The van der Waals surface area contributed by atoms with Gasteiger partial charge in [-0.3, -0.25) is 0 Å². The fourth-order valence-corrected chi connectivity index (χ4v) is 1.26. The lowest BCUT2D eigenvalue weighted by Gasteiger charge is -1.96. The van der Waals surface area contributed by atoms with Crippen LogP contribution in [0.2, 0.25) is 0 Å². The van der Waals surface area contributed by atoms with E-state index in [0.717, 1.165) is 5.56 Å². The summed E-state index contributed by atoms with van der Waals surface area (Å²) in [7, 11) is 1.25. The van der Waals surface area contributed by atoms with Gasteiger partial charge in [0.25, 0.3) is 0 Å². The highest BCUT2D eigenvalue weighted by atomic mass is 16.7. The lowest BCUT2D eigenvalue weighted by Crippen LogP contribution is -2.06. The molecule has 0 spiro atoms. The smallest absolute Gasteiger partial charge is 0.460 e. The number of furan rings is 1. The van der Waals surface area contributed by atoms with Crippen molar-refractivity contribution < 1.29 is 18.7 Å².